The van der Waals surface area contributed by atoms with E-state index in [9.17, 15) is 0 Å². The lowest BCUT2D eigenvalue weighted by molar-refractivity contribution is 0.953. The van der Waals surface area contributed by atoms with Gasteiger partial charge in [-0.15, -0.1) is 0 Å². The Morgan fingerprint density at radius 1 is 1.11 bits per heavy atom. The number of benzene rings is 1. The molecule has 0 spiro atoms. The predicted octanol–water partition coefficient (Wildman–Crippen LogP) is 4.61. The third-order valence-corrected chi connectivity index (χ3v) is 2.99. The molecule has 0 aliphatic carbocycles. The molecule has 2 rings (SSSR count). The second-order valence-electron chi connectivity index (χ2n) is 4.24. The van der Waals surface area contributed by atoms with Gasteiger partial charge in [-0.3, -0.25) is 4.99 Å². The minimum absolute atomic E-state index is 0.973. The van der Waals surface area contributed by atoms with Crippen LogP contribution in [0.15, 0.2) is 41.4 Å². The van der Waals surface area contributed by atoms with Crippen LogP contribution in [0, 0.1) is 0 Å². The lowest BCUT2D eigenvalue weighted by atomic mass is 10.0. The summed E-state index contributed by atoms with van der Waals surface area (Å²) in [5, 5.41) is 0. The highest BCUT2D eigenvalue weighted by atomic mass is 14.7. The maximum atomic E-state index is 4.52. The summed E-state index contributed by atoms with van der Waals surface area (Å²) in [7, 11) is 0. The van der Waals surface area contributed by atoms with Crippen molar-refractivity contribution in [3.8, 4) is 0 Å². The average Bonchev–Trinajstić information content (AvgIpc) is 2.48. The number of nitrogens with zero attached hydrogens (tertiary/aromatic N) is 1. The van der Waals surface area contributed by atoms with Crippen LogP contribution in [0.4, 0.5) is 0 Å². The van der Waals surface area contributed by atoms with Crippen molar-refractivity contribution < 1.29 is 0 Å². The lowest BCUT2D eigenvalue weighted by Gasteiger charge is -2.07. The second-order valence-corrected chi connectivity index (χ2v) is 4.24. The molecule has 98 valence electrons. The number of hydrogen-bond acceptors (Lipinski definition) is 1. The first-order valence-electron chi connectivity index (χ1n) is 7.16. The minimum atomic E-state index is 0.973. The van der Waals surface area contributed by atoms with E-state index in [2.05, 4.69) is 48.3 Å². The summed E-state index contributed by atoms with van der Waals surface area (Å²) in [6, 6.07) is 8.88. The molecule has 1 aromatic carbocycles. The van der Waals surface area contributed by atoms with E-state index in [1.165, 1.54) is 16.8 Å². The first kappa shape index (κ1) is 14.7. The van der Waals surface area contributed by atoms with Gasteiger partial charge in [0.15, 0.2) is 0 Å². The molecule has 0 radical (unpaired) electrons. The molecule has 1 heterocycles. The van der Waals surface area contributed by atoms with Crippen LogP contribution in [0.2, 0.25) is 0 Å². The summed E-state index contributed by atoms with van der Waals surface area (Å²) in [4.78, 5) is 4.52. The first-order chi connectivity index (χ1) is 8.88. The molecule has 0 aromatic heterocycles. The van der Waals surface area contributed by atoms with E-state index >= 15 is 0 Å². The Balaban J connectivity index is 0.000000771. The number of aliphatic imine (C=N–C) groups is 1. The monoisotopic (exact) mass is 243 g/mol. The Morgan fingerprint density at radius 3 is 2.56 bits per heavy atom. The van der Waals surface area contributed by atoms with Gasteiger partial charge in [0.1, 0.15) is 0 Å². The Labute approximate surface area is 112 Å². The highest BCUT2D eigenvalue weighted by Gasteiger charge is 2.00. The van der Waals surface area contributed by atoms with Gasteiger partial charge in [0.25, 0.3) is 0 Å². The molecule has 0 fully saturated rings. The summed E-state index contributed by atoms with van der Waals surface area (Å²) in [5.74, 6) is 0. The maximum absolute atomic E-state index is 4.52. The van der Waals surface area contributed by atoms with Crippen LogP contribution < -0.4 is 0 Å². The smallest absolute Gasteiger partial charge is 0.0427 e. The number of dihydropyridines is 1. The summed E-state index contributed by atoms with van der Waals surface area (Å²) < 4.78 is 0. The van der Waals surface area contributed by atoms with Crippen LogP contribution in [0.1, 0.15) is 44.7 Å². The quantitative estimate of drug-likeness (QED) is 0.732. The number of hydrogen-bond donors (Lipinski definition) is 0. The highest BCUT2D eigenvalue weighted by Crippen LogP contribution is 2.10. The van der Waals surface area contributed by atoms with Gasteiger partial charge in [0.05, 0.1) is 0 Å². The van der Waals surface area contributed by atoms with Crippen LogP contribution in [-0.2, 0) is 12.8 Å². The number of allylic oxidation sites excluding steroid dienone is 1. The molecule has 0 atom stereocenters. The SMILES string of the molecule is CC.CCc1cccc(CCC2=NCCC=C2)c1. The molecular weight excluding hydrogens is 218 g/mol. The van der Waals surface area contributed by atoms with Crippen LogP contribution in [-0.4, -0.2) is 12.3 Å². The van der Waals surface area contributed by atoms with Gasteiger partial charge in [-0.05, 0) is 42.9 Å². The Hall–Kier alpha value is -1.37. The molecule has 18 heavy (non-hydrogen) atoms. The van der Waals surface area contributed by atoms with E-state index in [4.69, 9.17) is 0 Å². The van der Waals surface area contributed by atoms with Crippen molar-refractivity contribution >= 4 is 5.71 Å². The van der Waals surface area contributed by atoms with Gasteiger partial charge in [-0.25, -0.2) is 0 Å². The zero-order chi connectivity index (χ0) is 13.2. The van der Waals surface area contributed by atoms with Crippen molar-refractivity contribution in [1.29, 1.82) is 0 Å². The number of aryl methyl sites for hydroxylation is 2. The van der Waals surface area contributed by atoms with Crippen LogP contribution >= 0.6 is 0 Å². The third kappa shape index (κ3) is 4.87. The van der Waals surface area contributed by atoms with Crippen LogP contribution in [0.5, 0.6) is 0 Å². The van der Waals surface area contributed by atoms with Gasteiger partial charge in [0, 0.05) is 12.3 Å². The second kappa shape index (κ2) is 8.68. The number of rotatable bonds is 4. The maximum Gasteiger partial charge on any atom is 0.0427 e. The zero-order valence-electron chi connectivity index (χ0n) is 11.9. The van der Waals surface area contributed by atoms with Crippen molar-refractivity contribution in [1.82, 2.24) is 0 Å². The Kier molecular flexibility index (Phi) is 7.09. The van der Waals surface area contributed by atoms with Gasteiger partial charge >= 0.3 is 0 Å². The molecular formula is C17H25N. The van der Waals surface area contributed by atoms with E-state index in [0.29, 0.717) is 0 Å². The molecule has 1 aliphatic rings. The topological polar surface area (TPSA) is 12.4 Å². The van der Waals surface area contributed by atoms with Crippen molar-refractivity contribution in [2.75, 3.05) is 6.54 Å². The average molecular weight is 243 g/mol. The molecule has 0 saturated heterocycles. The van der Waals surface area contributed by atoms with Crippen molar-refractivity contribution in [3.05, 3.63) is 47.5 Å². The summed E-state index contributed by atoms with van der Waals surface area (Å²) in [6.07, 6.45) is 8.81. The van der Waals surface area contributed by atoms with Crippen LogP contribution in [0.3, 0.4) is 0 Å². The molecule has 0 amide bonds. The van der Waals surface area contributed by atoms with E-state index < -0.39 is 0 Å². The van der Waals surface area contributed by atoms with Crippen LogP contribution in [0.25, 0.3) is 0 Å². The van der Waals surface area contributed by atoms with Gasteiger partial charge in [0.2, 0.25) is 0 Å². The standard InChI is InChI=1S/C15H19N.C2H6/c1-2-13-6-5-7-14(12-13)9-10-15-8-3-4-11-16-15;1-2/h3,5-8,12H,2,4,9-11H2,1H3;1-2H3. The van der Waals surface area contributed by atoms with Crippen molar-refractivity contribution in [3.63, 3.8) is 0 Å². The van der Waals surface area contributed by atoms with E-state index in [0.717, 1.165) is 32.2 Å². The normalized spacial score (nSPS) is 13.6. The third-order valence-electron chi connectivity index (χ3n) is 2.99. The molecule has 1 aromatic rings. The Bertz CT molecular complexity index is 402. The fourth-order valence-electron chi connectivity index (χ4n) is 1.99. The fourth-order valence-corrected chi connectivity index (χ4v) is 1.99. The van der Waals surface area contributed by atoms with E-state index in [1.807, 2.05) is 13.8 Å². The molecule has 0 N–H and O–H groups in total. The molecule has 1 nitrogen and oxygen atoms in total. The summed E-state index contributed by atoms with van der Waals surface area (Å²) in [6.45, 7) is 7.17. The largest absolute Gasteiger partial charge is 0.289 e. The molecule has 0 saturated carbocycles. The lowest BCUT2D eigenvalue weighted by Crippen LogP contribution is -2.02. The fraction of sp³-hybridized carbons (Fsp3) is 0.471. The van der Waals surface area contributed by atoms with E-state index in [-0.39, 0.29) is 0 Å². The first-order valence-corrected chi connectivity index (χ1v) is 7.16. The molecule has 0 bridgehead atoms. The molecule has 0 unspecified atom stereocenters. The van der Waals surface area contributed by atoms with Crippen molar-refractivity contribution in [2.24, 2.45) is 4.99 Å². The van der Waals surface area contributed by atoms with Gasteiger partial charge in [-0.1, -0.05) is 51.1 Å². The highest BCUT2D eigenvalue weighted by molar-refractivity contribution is 5.95. The zero-order valence-corrected chi connectivity index (χ0v) is 11.9. The molecule has 1 heteroatoms. The summed E-state index contributed by atoms with van der Waals surface area (Å²) in [5.41, 5.74) is 4.12. The minimum Gasteiger partial charge on any atom is -0.289 e. The predicted molar refractivity (Wildman–Crippen MR) is 81.5 cm³/mol. The summed E-state index contributed by atoms with van der Waals surface area (Å²) >= 11 is 0. The molecule has 1 aliphatic heterocycles. The van der Waals surface area contributed by atoms with E-state index in [1.54, 1.807) is 0 Å². The van der Waals surface area contributed by atoms with Gasteiger partial charge < -0.3 is 0 Å². The van der Waals surface area contributed by atoms with Gasteiger partial charge in [-0.2, -0.15) is 0 Å². The Morgan fingerprint density at radius 2 is 1.89 bits per heavy atom. The van der Waals surface area contributed by atoms with Crippen molar-refractivity contribution in [2.45, 2.75) is 46.5 Å².